The highest BCUT2D eigenvalue weighted by Crippen LogP contribution is 2.04. The van der Waals surface area contributed by atoms with Crippen LogP contribution in [0.1, 0.15) is 26.7 Å². The average molecular weight is 205 g/mol. The van der Waals surface area contributed by atoms with Crippen LogP contribution in [0.5, 0.6) is 0 Å². The second-order valence-electron chi connectivity index (χ2n) is 3.23. The van der Waals surface area contributed by atoms with Gasteiger partial charge in [0.15, 0.2) is 0 Å². The maximum atomic E-state index is 10.5. The van der Waals surface area contributed by atoms with Crippen molar-refractivity contribution in [2.24, 2.45) is 0 Å². The Morgan fingerprint density at radius 2 is 2.23 bits per heavy atom. The second-order valence-corrected chi connectivity index (χ2v) is 4.14. The van der Waals surface area contributed by atoms with Crippen molar-refractivity contribution in [3.8, 4) is 0 Å². The summed E-state index contributed by atoms with van der Waals surface area (Å²) in [5.41, 5.74) is 0. The van der Waals surface area contributed by atoms with Gasteiger partial charge in [-0.2, -0.15) is 11.8 Å². The van der Waals surface area contributed by atoms with E-state index < -0.39 is 5.97 Å². The lowest BCUT2D eigenvalue weighted by molar-refractivity contribution is -0.137. The van der Waals surface area contributed by atoms with Crippen LogP contribution in [-0.2, 0) is 4.79 Å². The predicted molar refractivity (Wildman–Crippen MR) is 57.3 cm³/mol. The van der Waals surface area contributed by atoms with Crippen molar-refractivity contribution in [3.63, 3.8) is 0 Å². The second kappa shape index (κ2) is 7.21. The summed E-state index contributed by atoms with van der Waals surface area (Å²) < 4.78 is 0. The minimum absolute atomic E-state index is 0.0995. The van der Waals surface area contributed by atoms with Crippen LogP contribution in [0.4, 0.5) is 0 Å². The molecule has 0 aliphatic carbocycles. The van der Waals surface area contributed by atoms with Gasteiger partial charge in [-0.15, -0.1) is 0 Å². The molecule has 0 amide bonds. The van der Waals surface area contributed by atoms with Gasteiger partial charge < -0.3 is 10.4 Å². The van der Waals surface area contributed by atoms with Gasteiger partial charge in [-0.25, -0.2) is 0 Å². The molecule has 3 nitrogen and oxygen atoms in total. The minimum atomic E-state index is -0.727. The third-order valence-corrected chi connectivity index (χ3v) is 2.66. The Morgan fingerprint density at radius 1 is 1.62 bits per heavy atom. The van der Waals surface area contributed by atoms with E-state index in [0.717, 1.165) is 12.2 Å². The number of carboxylic acid groups (broad SMARTS) is 1. The van der Waals surface area contributed by atoms with Crippen molar-refractivity contribution in [3.05, 3.63) is 0 Å². The van der Waals surface area contributed by atoms with Gasteiger partial charge in [0.05, 0.1) is 6.42 Å². The maximum absolute atomic E-state index is 10.5. The third-order valence-electron chi connectivity index (χ3n) is 1.92. The summed E-state index contributed by atoms with van der Waals surface area (Å²) in [5.74, 6) is 0.131. The molecule has 2 atom stereocenters. The number of rotatable bonds is 7. The molecule has 13 heavy (non-hydrogen) atoms. The Balaban J connectivity index is 3.85. The molecule has 0 rings (SSSR count). The summed E-state index contributed by atoms with van der Waals surface area (Å²) in [6.45, 7) is 4.17. The average Bonchev–Trinajstić information content (AvgIpc) is 2.03. The van der Waals surface area contributed by atoms with Crippen LogP contribution in [0.2, 0.25) is 0 Å². The van der Waals surface area contributed by atoms with E-state index in [1.165, 1.54) is 0 Å². The summed E-state index contributed by atoms with van der Waals surface area (Å²) >= 11 is 1.68. The van der Waals surface area contributed by atoms with E-state index in [0.29, 0.717) is 6.04 Å². The first-order valence-corrected chi connectivity index (χ1v) is 5.96. The Morgan fingerprint density at radius 3 is 2.62 bits per heavy atom. The topological polar surface area (TPSA) is 49.3 Å². The molecule has 0 aromatic carbocycles. The third kappa shape index (κ3) is 6.90. The zero-order valence-corrected chi connectivity index (χ0v) is 9.36. The first-order valence-electron chi connectivity index (χ1n) is 4.56. The van der Waals surface area contributed by atoms with Gasteiger partial charge in [0.2, 0.25) is 0 Å². The molecular weight excluding hydrogens is 186 g/mol. The van der Waals surface area contributed by atoms with E-state index in [9.17, 15) is 4.79 Å². The molecule has 0 spiro atoms. The zero-order chi connectivity index (χ0) is 10.3. The SMILES string of the molecule is CCC(C)NC(CSC)CC(=O)O. The highest BCUT2D eigenvalue weighted by atomic mass is 32.2. The summed E-state index contributed by atoms with van der Waals surface area (Å²) in [4.78, 5) is 10.5. The van der Waals surface area contributed by atoms with Crippen molar-refractivity contribution < 1.29 is 9.90 Å². The number of nitrogens with one attached hydrogen (secondary N) is 1. The molecule has 0 aliphatic heterocycles. The fraction of sp³-hybridized carbons (Fsp3) is 0.889. The van der Waals surface area contributed by atoms with Crippen molar-refractivity contribution in [2.45, 2.75) is 38.8 Å². The standard InChI is InChI=1S/C9H19NO2S/c1-4-7(2)10-8(6-13-3)5-9(11)12/h7-8,10H,4-6H2,1-3H3,(H,11,12). The van der Waals surface area contributed by atoms with Crippen LogP contribution >= 0.6 is 11.8 Å². The van der Waals surface area contributed by atoms with Crippen molar-refractivity contribution in [2.75, 3.05) is 12.0 Å². The first kappa shape index (κ1) is 12.8. The van der Waals surface area contributed by atoms with E-state index in [4.69, 9.17) is 5.11 Å². The summed E-state index contributed by atoms with van der Waals surface area (Å²) in [7, 11) is 0. The van der Waals surface area contributed by atoms with Crippen LogP contribution in [0, 0.1) is 0 Å². The molecule has 0 aromatic heterocycles. The maximum Gasteiger partial charge on any atom is 0.304 e. The fourth-order valence-electron chi connectivity index (χ4n) is 1.10. The Bertz CT molecular complexity index is 153. The highest BCUT2D eigenvalue weighted by Gasteiger charge is 2.13. The Hall–Kier alpha value is -0.220. The van der Waals surface area contributed by atoms with E-state index in [1.54, 1.807) is 11.8 Å². The summed E-state index contributed by atoms with van der Waals surface area (Å²) in [6, 6.07) is 0.499. The number of thioether (sulfide) groups is 1. The smallest absolute Gasteiger partial charge is 0.304 e. The molecule has 2 N–H and O–H groups in total. The Kier molecular flexibility index (Phi) is 7.09. The van der Waals surface area contributed by atoms with E-state index >= 15 is 0 Å². The van der Waals surface area contributed by atoms with Gasteiger partial charge in [0, 0.05) is 17.8 Å². The van der Waals surface area contributed by atoms with Crippen molar-refractivity contribution in [1.82, 2.24) is 5.32 Å². The fourth-order valence-corrected chi connectivity index (χ4v) is 1.71. The number of carbonyl (C=O) groups is 1. The molecule has 0 fully saturated rings. The Labute approximate surface area is 84.3 Å². The lowest BCUT2D eigenvalue weighted by Crippen LogP contribution is -2.39. The zero-order valence-electron chi connectivity index (χ0n) is 8.54. The largest absolute Gasteiger partial charge is 0.481 e. The van der Waals surface area contributed by atoms with E-state index in [1.807, 2.05) is 6.26 Å². The number of hydrogen-bond donors (Lipinski definition) is 2. The van der Waals surface area contributed by atoms with Crippen molar-refractivity contribution in [1.29, 1.82) is 0 Å². The van der Waals surface area contributed by atoms with Crippen LogP contribution < -0.4 is 5.32 Å². The molecule has 0 heterocycles. The van der Waals surface area contributed by atoms with Gasteiger partial charge >= 0.3 is 5.97 Å². The van der Waals surface area contributed by atoms with Gasteiger partial charge in [0.1, 0.15) is 0 Å². The van der Waals surface area contributed by atoms with E-state index in [-0.39, 0.29) is 12.5 Å². The minimum Gasteiger partial charge on any atom is -0.481 e. The predicted octanol–water partition coefficient (Wildman–Crippen LogP) is 1.58. The molecule has 0 aromatic rings. The van der Waals surface area contributed by atoms with Gasteiger partial charge in [-0.3, -0.25) is 4.79 Å². The van der Waals surface area contributed by atoms with Crippen LogP contribution in [0.15, 0.2) is 0 Å². The van der Waals surface area contributed by atoms with Crippen LogP contribution in [-0.4, -0.2) is 35.2 Å². The molecule has 0 radical (unpaired) electrons. The van der Waals surface area contributed by atoms with Crippen LogP contribution in [0.25, 0.3) is 0 Å². The van der Waals surface area contributed by atoms with E-state index in [2.05, 4.69) is 19.2 Å². The van der Waals surface area contributed by atoms with Gasteiger partial charge in [0.25, 0.3) is 0 Å². The lowest BCUT2D eigenvalue weighted by atomic mass is 10.2. The normalized spacial score (nSPS) is 15.3. The summed E-state index contributed by atoms with van der Waals surface area (Å²) in [5, 5.41) is 11.9. The first-order chi connectivity index (χ1) is 6.10. The molecule has 0 aliphatic rings. The lowest BCUT2D eigenvalue weighted by Gasteiger charge is -2.20. The molecule has 4 heteroatoms. The molecule has 0 bridgehead atoms. The number of aliphatic carboxylic acids is 1. The molecule has 2 unspecified atom stereocenters. The monoisotopic (exact) mass is 205 g/mol. The van der Waals surface area contributed by atoms with Gasteiger partial charge in [-0.05, 0) is 19.6 Å². The highest BCUT2D eigenvalue weighted by molar-refractivity contribution is 7.98. The van der Waals surface area contributed by atoms with Crippen molar-refractivity contribution >= 4 is 17.7 Å². The quantitative estimate of drug-likeness (QED) is 0.662. The molecule has 0 saturated carbocycles. The number of hydrogen-bond acceptors (Lipinski definition) is 3. The van der Waals surface area contributed by atoms with Gasteiger partial charge in [-0.1, -0.05) is 6.92 Å². The number of carboxylic acids is 1. The summed E-state index contributed by atoms with van der Waals surface area (Å²) in [6.07, 6.45) is 3.24. The molecular formula is C9H19NO2S. The molecule has 0 saturated heterocycles. The molecule has 78 valence electrons. The van der Waals surface area contributed by atoms with Crippen LogP contribution in [0.3, 0.4) is 0 Å².